The number of thiazole rings is 1. The van der Waals surface area contributed by atoms with Crippen LogP contribution < -0.4 is 5.32 Å². The van der Waals surface area contributed by atoms with Crippen molar-refractivity contribution in [1.82, 2.24) is 15.0 Å². The van der Waals surface area contributed by atoms with Gasteiger partial charge in [0.25, 0.3) is 0 Å². The Labute approximate surface area is 115 Å². The second-order valence-electron chi connectivity index (χ2n) is 4.65. The molecule has 4 nitrogen and oxygen atoms in total. The molecule has 3 aromatic rings. The number of aromatic nitrogens is 3. The Morgan fingerprint density at radius 3 is 2.79 bits per heavy atom. The molecule has 0 bridgehead atoms. The van der Waals surface area contributed by atoms with E-state index in [2.05, 4.69) is 39.3 Å². The number of aryl methyl sites for hydroxylation is 3. The molecule has 0 unspecified atom stereocenters. The number of anilines is 1. The van der Waals surface area contributed by atoms with Gasteiger partial charge in [-0.1, -0.05) is 0 Å². The van der Waals surface area contributed by atoms with Gasteiger partial charge in [-0.15, -0.1) is 11.3 Å². The van der Waals surface area contributed by atoms with Gasteiger partial charge < -0.3 is 10.3 Å². The van der Waals surface area contributed by atoms with Crippen LogP contribution in [-0.4, -0.2) is 15.0 Å². The summed E-state index contributed by atoms with van der Waals surface area (Å²) in [6, 6.07) is 6.19. The van der Waals surface area contributed by atoms with Crippen LogP contribution in [0.15, 0.2) is 18.2 Å². The van der Waals surface area contributed by atoms with Crippen molar-refractivity contribution in [2.24, 2.45) is 0 Å². The number of nitrogens with one attached hydrogen (secondary N) is 2. The normalized spacial score (nSPS) is 11.1. The maximum Gasteiger partial charge on any atom is 0.104 e. The predicted octanol–water partition coefficient (Wildman–Crippen LogP) is 3.56. The van der Waals surface area contributed by atoms with E-state index in [1.165, 1.54) is 4.88 Å². The highest BCUT2D eigenvalue weighted by Crippen LogP contribution is 2.21. The number of H-pyrrole nitrogens is 1. The first kappa shape index (κ1) is 12.2. The van der Waals surface area contributed by atoms with Gasteiger partial charge >= 0.3 is 0 Å². The smallest absolute Gasteiger partial charge is 0.104 e. The average molecular weight is 272 g/mol. The summed E-state index contributed by atoms with van der Waals surface area (Å²) in [5.74, 6) is 0.945. The molecular weight excluding hydrogens is 256 g/mol. The van der Waals surface area contributed by atoms with Crippen molar-refractivity contribution < 1.29 is 0 Å². The van der Waals surface area contributed by atoms with Crippen molar-refractivity contribution in [3.05, 3.63) is 39.6 Å². The van der Waals surface area contributed by atoms with Gasteiger partial charge in [-0.05, 0) is 39.0 Å². The van der Waals surface area contributed by atoms with Gasteiger partial charge in [-0.2, -0.15) is 0 Å². The number of nitrogens with zero attached hydrogens (tertiary/aromatic N) is 2. The first-order valence-corrected chi connectivity index (χ1v) is 7.06. The minimum atomic E-state index is 0.815. The minimum absolute atomic E-state index is 0.815. The fourth-order valence-electron chi connectivity index (χ4n) is 2.17. The third-order valence-electron chi connectivity index (χ3n) is 3.05. The molecule has 2 aromatic heterocycles. The second-order valence-corrected chi connectivity index (χ2v) is 5.94. The highest BCUT2D eigenvalue weighted by Gasteiger charge is 2.05. The molecule has 0 amide bonds. The lowest BCUT2D eigenvalue weighted by molar-refractivity contribution is 1.11. The van der Waals surface area contributed by atoms with Crippen LogP contribution in [-0.2, 0) is 6.54 Å². The summed E-state index contributed by atoms with van der Waals surface area (Å²) >= 11 is 1.75. The molecule has 0 aliphatic heterocycles. The van der Waals surface area contributed by atoms with Crippen molar-refractivity contribution in [1.29, 1.82) is 0 Å². The highest BCUT2D eigenvalue weighted by atomic mass is 32.1. The minimum Gasteiger partial charge on any atom is -0.380 e. The Morgan fingerprint density at radius 1 is 1.21 bits per heavy atom. The number of hydrogen-bond acceptors (Lipinski definition) is 4. The van der Waals surface area contributed by atoms with Crippen molar-refractivity contribution >= 4 is 28.1 Å². The Bertz CT molecular complexity index is 726. The van der Waals surface area contributed by atoms with E-state index in [1.54, 1.807) is 11.3 Å². The van der Waals surface area contributed by atoms with E-state index in [0.29, 0.717) is 0 Å². The predicted molar refractivity (Wildman–Crippen MR) is 79.7 cm³/mol. The van der Waals surface area contributed by atoms with E-state index in [9.17, 15) is 0 Å². The SMILES string of the molecule is Cc1nc2ccc(NCc3sc(C)nc3C)cc2[nH]1. The van der Waals surface area contributed by atoms with Crippen molar-refractivity contribution in [3.8, 4) is 0 Å². The van der Waals surface area contributed by atoms with Crippen LogP contribution in [0.4, 0.5) is 5.69 Å². The number of hydrogen-bond donors (Lipinski definition) is 2. The van der Waals surface area contributed by atoms with E-state index in [-0.39, 0.29) is 0 Å². The molecule has 19 heavy (non-hydrogen) atoms. The third kappa shape index (κ3) is 2.46. The van der Waals surface area contributed by atoms with Crippen LogP contribution in [0.3, 0.4) is 0 Å². The lowest BCUT2D eigenvalue weighted by Gasteiger charge is -2.05. The molecule has 0 saturated heterocycles. The van der Waals surface area contributed by atoms with Gasteiger partial charge in [0, 0.05) is 10.6 Å². The quantitative estimate of drug-likeness (QED) is 0.766. The Balaban J connectivity index is 1.79. The summed E-state index contributed by atoms with van der Waals surface area (Å²) in [5, 5.41) is 4.56. The van der Waals surface area contributed by atoms with Gasteiger partial charge in [0.2, 0.25) is 0 Å². The molecule has 0 spiro atoms. The topological polar surface area (TPSA) is 53.6 Å². The lowest BCUT2D eigenvalue weighted by atomic mass is 10.2. The molecule has 2 heterocycles. The van der Waals surface area contributed by atoms with E-state index in [0.717, 1.165) is 39.8 Å². The molecule has 0 fully saturated rings. The molecule has 0 atom stereocenters. The summed E-state index contributed by atoms with van der Waals surface area (Å²) in [5.41, 5.74) is 4.29. The maximum absolute atomic E-state index is 4.44. The van der Waals surface area contributed by atoms with E-state index in [1.807, 2.05) is 19.9 Å². The average Bonchev–Trinajstić information content (AvgIpc) is 2.87. The zero-order valence-corrected chi connectivity index (χ0v) is 12.1. The van der Waals surface area contributed by atoms with Crippen LogP contribution in [0.5, 0.6) is 0 Å². The Morgan fingerprint density at radius 2 is 2.05 bits per heavy atom. The molecule has 3 rings (SSSR count). The zero-order valence-electron chi connectivity index (χ0n) is 11.2. The van der Waals surface area contributed by atoms with Crippen LogP contribution in [0.2, 0.25) is 0 Å². The molecule has 0 aliphatic rings. The molecule has 98 valence electrons. The third-order valence-corrected chi connectivity index (χ3v) is 4.13. The molecule has 2 N–H and O–H groups in total. The first-order chi connectivity index (χ1) is 9.11. The second kappa shape index (κ2) is 4.66. The van der Waals surface area contributed by atoms with Crippen LogP contribution >= 0.6 is 11.3 Å². The van der Waals surface area contributed by atoms with Gasteiger partial charge in [0.1, 0.15) is 5.82 Å². The summed E-state index contributed by atoms with van der Waals surface area (Å²) in [6.07, 6.45) is 0. The monoisotopic (exact) mass is 272 g/mol. The summed E-state index contributed by atoms with van der Waals surface area (Å²) in [7, 11) is 0. The largest absolute Gasteiger partial charge is 0.380 e. The first-order valence-electron chi connectivity index (χ1n) is 6.25. The highest BCUT2D eigenvalue weighted by molar-refractivity contribution is 7.11. The number of fused-ring (bicyclic) bond motifs is 1. The number of aromatic amines is 1. The standard InChI is InChI=1S/C14H16N4S/c1-8-14(19-10(3)16-8)7-15-11-4-5-12-13(6-11)18-9(2)17-12/h4-6,15H,7H2,1-3H3,(H,17,18). The van der Waals surface area contributed by atoms with Crippen LogP contribution in [0.25, 0.3) is 11.0 Å². The van der Waals surface area contributed by atoms with Crippen LogP contribution in [0, 0.1) is 20.8 Å². The molecule has 5 heteroatoms. The number of benzene rings is 1. The Hall–Kier alpha value is -1.88. The van der Waals surface area contributed by atoms with Gasteiger partial charge in [0.05, 0.1) is 28.3 Å². The number of rotatable bonds is 3. The number of imidazole rings is 1. The van der Waals surface area contributed by atoms with Crippen molar-refractivity contribution in [3.63, 3.8) is 0 Å². The van der Waals surface area contributed by atoms with Crippen LogP contribution in [0.1, 0.15) is 21.4 Å². The fourth-order valence-corrected chi connectivity index (χ4v) is 3.04. The Kier molecular flexibility index (Phi) is 2.98. The lowest BCUT2D eigenvalue weighted by Crippen LogP contribution is -1.98. The molecule has 0 aliphatic carbocycles. The molecule has 1 aromatic carbocycles. The van der Waals surface area contributed by atoms with E-state index < -0.39 is 0 Å². The summed E-state index contributed by atoms with van der Waals surface area (Å²) in [4.78, 5) is 13.4. The zero-order chi connectivity index (χ0) is 13.4. The molecule has 0 radical (unpaired) electrons. The molecule has 0 saturated carbocycles. The fraction of sp³-hybridized carbons (Fsp3) is 0.286. The summed E-state index contributed by atoms with van der Waals surface area (Å²) in [6.45, 7) is 6.88. The van der Waals surface area contributed by atoms with Crippen molar-refractivity contribution in [2.75, 3.05) is 5.32 Å². The van der Waals surface area contributed by atoms with Gasteiger partial charge in [0.15, 0.2) is 0 Å². The van der Waals surface area contributed by atoms with E-state index in [4.69, 9.17) is 0 Å². The van der Waals surface area contributed by atoms with Gasteiger partial charge in [-0.3, -0.25) is 0 Å². The van der Waals surface area contributed by atoms with Crippen molar-refractivity contribution in [2.45, 2.75) is 27.3 Å². The van der Waals surface area contributed by atoms with E-state index >= 15 is 0 Å². The summed E-state index contributed by atoms with van der Waals surface area (Å²) < 4.78 is 0. The van der Waals surface area contributed by atoms with Gasteiger partial charge in [-0.25, -0.2) is 9.97 Å². The maximum atomic E-state index is 4.44. The molecular formula is C14H16N4S.